The summed E-state index contributed by atoms with van der Waals surface area (Å²) in [6, 6.07) is 3.91. The molecule has 2 N–H and O–H groups in total. The van der Waals surface area contributed by atoms with Crippen LogP contribution in [0.3, 0.4) is 0 Å². The zero-order chi connectivity index (χ0) is 14.9. The highest BCUT2D eigenvalue weighted by molar-refractivity contribution is 14.1. The van der Waals surface area contributed by atoms with Gasteiger partial charge >= 0.3 is 5.97 Å². The normalized spacial score (nSPS) is 22.3. The Hall–Kier alpha value is -0.710. The predicted octanol–water partition coefficient (Wildman–Crippen LogP) is 1.45. The Morgan fingerprint density at radius 3 is 2.65 bits per heavy atom. The van der Waals surface area contributed by atoms with E-state index in [-0.39, 0.29) is 22.6 Å². The molecule has 1 aromatic rings. The van der Waals surface area contributed by atoms with Crippen LogP contribution >= 0.6 is 22.6 Å². The number of rotatable bonds is 5. The van der Waals surface area contributed by atoms with Crippen LogP contribution in [0.1, 0.15) is 23.2 Å². The minimum Gasteiger partial charge on any atom is -0.478 e. The Morgan fingerprint density at radius 1 is 1.45 bits per heavy atom. The first-order valence-corrected chi connectivity index (χ1v) is 8.47. The molecule has 0 amide bonds. The minimum atomic E-state index is -3.70. The van der Waals surface area contributed by atoms with Crippen molar-refractivity contribution in [1.29, 1.82) is 0 Å². The number of carbonyl (C=O) groups is 1. The van der Waals surface area contributed by atoms with Crippen molar-refractivity contribution in [1.82, 2.24) is 4.72 Å². The number of carboxylic acids is 1. The van der Waals surface area contributed by atoms with Gasteiger partial charge in [-0.05, 0) is 53.6 Å². The maximum atomic E-state index is 12.2. The highest BCUT2D eigenvalue weighted by Gasteiger charge is 2.32. The molecule has 1 fully saturated rings. The molecule has 0 unspecified atom stereocenters. The molecule has 0 aliphatic heterocycles. The predicted molar refractivity (Wildman–Crippen MR) is 80.3 cm³/mol. The van der Waals surface area contributed by atoms with Gasteiger partial charge in [0.05, 0.1) is 16.6 Å². The Morgan fingerprint density at radius 2 is 2.10 bits per heavy atom. The molecule has 20 heavy (non-hydrogen) atoms. The average molecular weight is 411 g/mol. The number of sulfonamides is 1. The fourth-order valence-electron chi connectivity index (χ4n) is 1.98. The highest BCUT2D eigenvalue weighted by Crippen LogP contribution is 2.25. The van der Waals surface area contributed by atoms with Gasteiger partial charge in [0.15, 0.2) is 0 Å². The molecular formula is C12H14INO5S. The van der Waals surface area contributed by atoms with Crippen molar-refractivity contribution in [3.8, 4) is 0 Å². The summed E-state index contributed by atoms with van der Waals surface area (Å²) in [6.07, 6.45) is 1.35. The van der Waals surface area contributed by atoms with Crippen molar-refractivity contribution in [2.24, 2.45) is 0 Å². The molecule has 1 aromatic carbocycles. The quantitative estimate of drug-likeness (QED) is 0.716. The minimum absolute atomic E-state index is 0.0168. The second kappa shape index (κ2) is 5.96. The summed E-state index contributed by atoms with van der Waals surface area (Å²) in [4.78, 5) is 11.0. The van der Waals surface area contributed by atoms with Crippen LogP contribution < -0.4 is 4.72 Å². The lowest BCUT2D eigenvalue weighted by Crippen LogP contribution is -2.47. The summed E-state index contributed by atoms with van der Waals surface area (Å²) in [7, 11) is -2.11. The van der Waals surface area contributed by atoms with E-state index in [4.69, 9.17) is 9.84 Å². The monoisotopic (exact) mass is 411 g/mol. The first kappa shape index (κ1) is 15.7. The smallest absolute Gasteiger partial charge is 0.336 e. The van der Waals surface area contributed by atoms with Crippen LogP contribution in [0.4, 0.5) is 0 Å². The van der Waals surface area contributed by atoms with Gasteiger partial charge in [-0.25, -0.2) is 17.9 Å². The van der Waals surface area contributed by atoms with E-state index < -0.39 is 16.0 Å². The SMILES string of the molecule is COC1CC(NS(=O)(=O)c2ccc(I)c(C(=O)O)c2)C1. The number of methoxy groups -OCH3 is 1. The molecule has 8 heteroatoms. The molecule has 0 heterocycles. The van der Waals surface area contributed by atoms with Gasteiger partial charge in [0.1, 0.15) is 0 Å². The summed E-state index contributed by atoms with van der Waals surface area (Å²) < 4.78 is 32.5. The van der Waals surface area contributed by atoms with E-state index in [1.165, 1.54) is 18.2 Å². The van der Waals surface area contributed by atoms with Crippen LogP contribution in [0.2, 0.25) is 0 Å². The molecule has 110 valence electrons. The van der Waals surface area contributed by atoms with Crippen LogP contribution in [0.15, 0.2) is 23.1 Å². The number of benzene rings is 1. The Bertz CT molecular complexity index is 625. The average Bonchev–Trinajstić information content (AvgIpc) is 2.33. The second-order valence-electron chi connectivity index (χ2n) is 4.59. The van der Waals surface area contributed by atoms with E-state index in [0.29, 0.717) is 16.4 Å². The third-order valence-electron chi connectivity index (χ3n) is 3.23. The van der Waals surface area contributed by atoms with E-state index in [0.717, 1.165) is 0 Å². The molecule has 0 spiro atoms. The number of nitrogens with one attached hydrogen (secondary N) is 1. The fourth-order valence-corrected chi connectivity index (χ4v) is 3.83. The fraction of sp³-hybridized carbons (Fsp3) is 0.417. The number of aromatic carboxylic acids is 1. The zero-order valence-electron chi connectivity index (χ0n) is 10.7. The van der Waals surface area contributed by atoms with Gasteiger partial charge < -0.3 is 9.84 Å². The number of hydrogen-bond donors (Lipinski definition) is 2. The van der Waals surface area contributed by atoms with Crippen molar-refractivity contribution < 1.29 is 23.1 Å². The molecule has 0 bridgehead atoms. The maximum Gasteiger partial charge on any atom is 0.336 e. The molecule has 1 aliphatic carbocycles. The van der Waals surface area contributed by atoms with E-state index in [1.807, 2.05) is 22.6 Å². The molecule has 6 nitrogen and oxygen atoms in total. The van der Waals surface area contributed by atoms with E-state index in [9.17, 15) is 13.2 Å². The summed E-state index contributed by atoms with van der Waals surface area (Å²) in [6.45, 7) is 0. The van der Waals surface area contributed by atoms with Crippen LogP contribution in [0.25, 0.3) is 0 Å². The molecule has 0 radical (unpaired) electrons. The van der Waals surface area contributed by atoms with Crippen LogP contribution in [0.5, 0.6) is 0 Å². The van der Waals surface area contributed by atoms with Gasteiger partial charge in [-0.1, -0.05) is 0 Å². The van der Waals surface area contributed by atoms with Crippen molar-refractivity contribution in [2.45, 2.75) is 29.9 Å². The first-order valence-electron chi connectivity index (χ1n) is 5.91. The lowest BCUT2D eigenvalue weighted by atomic mass is 9.90. The molecule has 0 atom stereocenters. The van der Waals surface area contributed by atoms with Gasteiger partial charge in [-0.2, -0.15) is 0 Å². The summed E-state index contributed by atoms with van der Waals surface area (Å²) in [5.41, 5.74) is -0.0168. The number of hydrogen-bond acceptors (Lipinski definition) is 4. The van der Waals surface area contributed by atoms with Gasteiger partial charge in [0, 0.05) is 16.7 Å². The van der Waals surface area contributed by atoms with Gasteiger partial charge in [-0.3, -0.25) is 0 Å². The lowest BCUT2D eigenvalue weighted by molar-refractivity contribution is 0.0236. The topological polar surface area (TPSA) is 92.7 Å². The Balaban J connectivity index is 2.18. The van der Waals surface area contributed by atoms with E-state index in [1.54, 1.807) is 7.11 Å². The van der Waals surface area contributed by atoms with Crippen LogP contribution in [-0.2, 0) is 14.8 Å². The summed E-state index contributed by atoms with van der Waals surface area (Å²) in [5, 5.41) is 9.03. The third-order valence-corrected chi connectivity index (χ3v) is 5.69. The first-order chi connectivity index (χ1) is 9.33. The molecule has 0 saturated heterocycles. The molecule has 0 aromatic heterocycles. The molecule has 1 saturated carbocycles. The van der Waals surface area contributed by atoms with Crippen molar-refractivity contribution in [3.05, 3.63) is 27.3 Å². The van der Waals surface area contributed by atoms with Gasteiger partial charge in [-0.15, -0.1) is 0 Å². The standard InChI is InChI=1S/C12H14INO5S/c1-19-8-4-7(5-8)14-20(17,18)9-2-3-11(13)10(6-9)12(15)16/h2-3,6-8,14H,4-5H2,1H3,(H,15,16). The van der Waals surface area contributed by atoms with E-state index >= 15 is 0 Å². The van der Waals surface area contributed by atoms with Crippen molar-refractivity contribution >= 4 is 38.6 Å². The molecule has 2 rings (SSSR count). The van der Waals surface area contributed by atoms with Crippen molar-refractivity contribution in [2.75, 3.05) is 7.11 Å². The summed E-state index contributed by atoms with van der Waals surface area (Å²) >= 11 is 1.86. The second-order valence-corrected chi connectivity index (χ2v) is 7.47. The Kier molecular flexibility index (Phi) is 4.67. The summed E-state index contributed by atoms with van der Waals surface area (Å²) in [5.74, 6) is -1.14. The molecular weight excluding hydrogens is 397 g/mol. The highest BCUT2D eigenvalue weighted by atomic mass is 127. The molecule has 1 aliphatic rings. The number of carboxylic acid groups (broad SMARTS) is 1. The Labute approximate surface area is 130 Å². The maximum absolute atomic E-state index is 12.2. The van der Waals surface area contributed by atoms with Crippen LogP contribution in [-0.4, -0.2) is 38.7 Å². The largest absolute Gasteiger partial charge is 0.478 e. The number of halogens is 1. The third kappa shape index (κ3) is 3.30. The van der Waals surface area contributed by atoms with Crippen molar-refractivity contribution in [3.63, 3.8) is 0 Å². The zero-order valence-corrected chi connectivity index (χ0v) is 13.6. The van der Waals surface area contributed by atoms with Gasteiger partial charge in [0.25, 0.3) is 0 Å². The number of ether oxygens (including phenoxy) is 1. The van der Waals surface area contributed by atoms with Gasteiger partial charge in [0.2, 0.25) is 10.0 Å². The van der Waals surface area contributed by atoms with Crippen LogP contribution in [0, 0.1) is 3.57 Å². The van der Waals surface area contributed by atoms with E-state index in [2.05, 4.69) is 4.72 Å². The lowest BCUT2D eigenvalue weighted by Gasteiger charge is -2.34.